The van der Waals surface area contributed by atoms with Crippen LogP contribution in [-0.4, -0.2) is 65.2 Å². The second kappa shape index (κ2) is 10.9. The first kappa shape index (κ1) is 25.8. The lowest BCUT2D eigenvalue weighted by Crippen LogP contribution is -2.33. The van der Waals surface area contributed by atoms with Crippen LogP contribution in [0.1, 0.15) is 83.1 Å². The monoisotopic (exact) mass is 514 g/mol. The third-order valence-electron chi connectivity index (χ3n) is 7.59. The van der Waals surface area contributed by atoms with E-state index in [0.717, 1.165) is 44.2 Å². The number of nitrogens with one attached hydrogen (secondary N) is 2. The SMILES string of the molecule is CCc1cc([C@H]2O[C@@H](n3cnc4c(NC(CC)CC)nc(NC5CCC(N)CC5)nc43)[C@H](O)[C@@H]2O)on1. The van der Waals surface area contributed by atoms with Gasteiger partial charge < -0.3 is 35.8 Å². The number of hydrogen-bond donors (Lipinski definition) is 5. The van der Waals surface area contributed by atoms with E-state index in [1.807, 2.05) is 6.92 Å². The summed E-state index contributed by atoms with van der Waals surface area (Å²) in [6, 6.07) is 2.44. The Morgan fingerprint density at radius 3 is 2.54 bits per heavy atom. The molecule has 12 nitrogen and oxygen atoms in total. The molecule has 0 unspecified atom stereocenters. The second-order valence-electron chi connectivity index (χ2n) is 10.1. The van der Waals surface area contributed by atoms with Gasteiger partial charge in [0.05, 0.1) is 12.0 Å². The molecule has 0 radical (unpaired) electrons. The highest BCUT2D eigenvalue weighted by atomic mass is 16.6. The van der Waals surface area contributed by atoms with E-state index >= 15 is 0 Å². The summed E-state index contributed by atoms with van der Waals surface area (Å²) >= 11 is 0. The zero-order valence-electron chi connectivity index (χ0n) is 21.7. The normalized spacial score (nSPS) is 28.3. The van der Waals surface area contributed by atoms with Crippen molar-refractivity contribution in [3.8, 4) is 0 Å². The molecule has 0 amide bonds. The predicted octanol–water partition coefficient (Wildman–Crippen LogP) is 2.65. The van der Waals surface area contributed by atoms with E-state index in [0.29, 0.717) is 35.1 Å². The molecule has 4 atom stereocenters. The van der Waals surface area contributed by atoms with Crippen molar-refractivity contribution < 1.29 is 19.5 Å². The van der Waals surface area contributed by atoms with Gasteiger partial charge in [0.1, 0.15) is 18.3 Å². The number of aliphatic hydroxyl groups excluding tert-OH is 2. The van der Waals surface area contributed by atoms with Crippen molar-refractivity contribution in [1.29, 1.82) is 0 Å². The Labute approximate surface area is 216 Å². The number of nitrogens with two attached hydrogens (primary N) is 1. The Bertz CT molecular complexity index is 1190. The largest absolute Gasteiger partial charge is 0.387 e. The summed E-state index contributed by atoms with van der Waals surface area (Å²) in [4.78, 5) is 14.1. The Morgan fingerprint density at radius 1 is 1.11 bits per heavy atom. The highest BCUT2D eigenvalue weighted by molar-refractivity contribution is 5.84. The molecule has 1 aliphatic carbocycles. The maximum Gasteiger partial charge on any atom is 0.227 e. The van der Waals surface area contributed by atoms with Gasteiger partial charge in [-0.2, -0.15) is 9.97 Å². The van der Waals surface area contributed by atoms with Crippen LogP contribution < -0.4 is 16.4 Å². The molecular formula is C25H38N8O4. The first-order valence-corrected chi connectivity index (χ1v) is 13.4. The molecule has 6 N–H and O–H groups in total. The van der Waals surface area contributed by atoms with E-state index in [2.05, 4.69) is 34.6 Å². The quantitative estimate of drug-likeness (QED) is 0.284. The minimum atomic E-state index is -1.22. The number of nitrogens with zero attached hydrogens (tertiary/aromatic N) is 5. The molecule has 37 heavy (non-hydrogen) atoms. The van der Waals surface area contributed by atoms with Crippen molar-refractivity contribution in [2.75, 3.05) is 10.6 Å². The lowest BCUT2D eigenvalue weighted by molar-refractivity contribution is -0.0434. The number of ether oxygens (including phenoxy) is 1. The highest BCUT2D eigenvalue weighted by Crippen LogP contribution is 2.40. The molecule has 1 aliphatic heterocycles. The molecule has 3 aromatic heterocycles. The van der Waals surface area contributed by atoms with Crippen LogP contribution in [-0.2, 0) is 11.2 Å². The van der Waals surface area contributed by atoms with Crippen LogP contribution >= 0.6 is 0 Å². The Morgan fingerprint density at radius 2 is 1.86 bits per heavy atom. The summed E-state index contributed by atoms with van der Waals surface area (Å²) in [7, 11) is 0. The molecule has 2 aliphatic rings. The van der Waals surface area contributed by atoms with Crippen molar-refractivity contribution in [1.82, 2.24) is 24.7 Å². The molecule has 1 saturated carbocycles. The van der Waals surface area contributed by atoms with Crippen molar-refractivity contribution in [2.24, 2.45) is 5.73 Å². The molecule has 1 saturated heterocycles. The van der Waals surface area contributed by atoms with Gasteiger partial charge >= 0.3 is 0 Å². The number of rotatable bonds is 9. The summed E-state index contributed by atoms with van der Waals surface area (Å²) < 4.78 is 13.2. The van der Waals surface area contributed by atoms with Gasteiger partial charge in [-0.3, -0.25) is 4.57 Å². The van der Waals surface area contributed by atoms with E-state index in [1.165, 1.54) is 0 Å². The summed E-state index contributed by atoms with van der Waals surface area (Å²) in [6.45, 7) is 6.21. The van der Waals surface area contributed by atoms with E-state index < -0.39 is 24.5 Å². The smallest absolute Gasteiger partial charge is 0.227 e. The maximum atomic E-state index is 11.0. The van der Waals surface area contributed by atoms with Gasteiger partial charge in [-0.05, 0) is 44.9 Å². The number of hydrogen-bond acceptors (Lipinski definition) is 11. The standard InChI is InChI=1S/C25H38N8O4/c1-4-14(5-2)28-22-18-23(31-25(30-22)29-16-9-7-13(26)8-10-16)33(12-27-18)24-20(35)19(34)21(36-24)17-11-15(6-3)32-37-17/h11-14,16,19-21,24,34-35H,4-10,26H2,1-3H3,(H2,28,29,30,31)/t13?,16?,19-,20+,21+,24+/m0/s1. The molecular weight excluding hydrogens is 476 g/mol. The van der Waals surface area contributed by atoms with Crippen LogP contribution in [0.3, 0.4) is 0 Å². The second-order valence-corrected chi connectivity index (χ2v) is 10.1. The molecule has 202 valence electrons. The van der Waals surface area contributed by atoms with Crippen molar-refractivity contribution in [3.63, 3.8) is 0 Å². The molecule has 5 rings (SSSR count). The first-order valence-electron chi connectivity index (χ1n) is 13.4. The molecule has 0 spiro atoms. The average molecular weight is 515 g/mol. The maximum absolute atomic E-state index is 11.0. The minimum Gasteiger partial charge on any atom is -0.387 e. The van der Waals surface area contributed by atoms with Gasteiger partial charge in [0.25, 0.3) is 0 Å². The van der Waals surface area contributed by atoms with Gasteiger partial charge in [0, 0.05) is 24.2 Å². The number of aromatic nitrogens is 5. The molecule has 2 fully saturated rings. The van der Waals surface area contributed by atoms with Gasteiger partial charge in [-0.15, -0.1) is 0 Å². The fraction of sp³-hybridized carbons (Fsp3) is 0.680. The Balaban J connectivity index is 1.48. The van der Waals surface area contributed by atoms with Crippen LogP contribution in [0.15, 0.2) is 16.9 Å². The molecule has 4 heterocycles. The van der Waals surface area contributed by atoms with Gasteiger partial charge in [0.15, 0.2) is 29.0 Å². The molecule has 12 heteroatoms. The summed E-state index contributed by atoms with van der Waals surface area (Å²) in [5.41, 5.74) is 7.91. The van der Waals surface area contributed by atoms with Crippen LogP contribution in [0.4, 0.5) is 11.8 Å². The lowest BCUT2D eigenvalue weighted by Gasteiger charge is -2.27. The average Bonchev–Trinajstić information content (AvgIpc) is 3.62. The summed E-state index contributed by atoms with van der Waals surface area (Å²) in [6.07, 6.45) is 3.74. The Hall–Kier alpha value is -2.80. The lowest BCUT2D eigenvalue weighted by atomic mass is 9.92. The van der Waals surface area contributed by atoms with E-state index in [4.69, 9.17) is 25.0 Å². The zero-order chi connectivity index (χ0) is 26.1. The van der Waals surface area contributed by atoms with Gasteiger partial charge in [-0.25, -0.2) is 4.98 Å². The van der Waals surface area contributed by atoms with Crippen molar-refractivity contribution in [3.05, 3.63) is 23.8 Å². The van der Waals surface area contributed by atoms with Gasteiger partial charge in [0.2, 0.25) is 5.95 Å². The topological polar surface area (TPSA) is 169 Å². The van der Waals surface area contributed by atoms with Crippen LogP contribution in [0.2, 0.25) is 0 Å². The number of imidazole rings is 1. The van der Waals surface area contributed by atoms with E-state index in [9.17, 15) is 10.2 Å². The predicted molar refractivity (Wildman–Crippen MR) is 138 cm³/mol. The summed E-state index contributed by atoms with van der Waals surface area (Å²) in [5, 5.41) is 32.7. The fourth-order valence-electron chi connectivity index (χ4n) is 5.15. The first-order chi connectivity index (χ1) is 17.9. The molecule has 0 aromatic carbocycles. The van der Waals surface area contributed by atoms with E-state index in [-0.39, 0.29) is 18.1 Å². The number of fused-ring (bicyclic) bond motifs is 1. The zero-order valence-corrected chi connectivity index (χ0v) is 21.7. The number of aliphatic hydroxyl groups is 2. The van der Waals surface area contributed by atoms with Crippen LogP contribution in [0.25, 0.3) is 11.2 Å². The summed E-state index contributed by atoms with van der Waals surface area (Å²) in [5.74, 6) is 1.48. The van der Waals surface area contributed by atoms with Crippen LogP contribution in [0.5, 0.6) is 0 Å². The number of anilines is 2. The van der Waals surface area contributed by atoms with Crippen molar-refractivity contribution >= 4 is 22.9 Å². The Kier molecular flexibility index (Phi) is 7.61. The van der Waals surface area contributed by atoms with Crippen LogP contribution in [0, 0.1) is 0 Å². The highest BCUT2D eigenvalue weighted by Gasteiger charge is 2.47. The van der Waals surface area contributed by atoms with Crippen molar-refractivity contribution in [2.45, 2.75) is 108 Å². The van der Waals surface area contributed by atoms with E-state index in [1.54, 1.807) is 17.0 Å². The third kappa shape index (κ3) is 5.15. The third-order valence-corrected chi connectivity index (χ3v) is 7.59. The minimum absolute atomic E-state index is 0.225. The fourth-order valence-corrected chi connectivity index (χ4v) is 5.15. The molecule has 0 bridgehead atoms. The number of aryl methyl sites for hydroxylation is 1. The van der Waals surface area contributed by atoms with Gasteiger partial charge in [-0.1, -0.05) is 25.9 Å². The molecule has 3 aromatic rings.